The van der Waals surface area contributed by atoms with Crippen LogP contribution in [0.2, 0.25) is 0 Å². The Morgan fingerprint density at radius 2 is 1.27 bits per heavy atom. The van der Waals surface area contributed by atoms with Gasteiger partial charge in [0, 0.05) is 18.2 Å². The number of hydrogen-bond donors (Lipinski definition) is 1. The van der Waals surface area contributed by atoms with E-state index in [1.807, 2.05) is 115 Å². The van der Waals surface area contributed by atoms with Crippen molar-refractivity contribution in [1.29, 1.82) is 0 Å². The Labute approximate surface area is 230 Å². The zero-order valence-electron chi connectivity index (χ0n) is 22.0. The number of benzene rings is 4. The molecule has 0 atom stereocenters. The minimum atomic E-state index is -0.313. The fraction of sp³-hybridized carbons (Fsp3) is 0.0625. The van der Waals surface area contributed by atoms with Crippen LogP contribution < -0.4 is 21.3 Å². The third-order valence-corrected chi connectivity index (χ3v) is 6.59. The molecule has 0 aliphatic carbocycles. The van der Waals surface area contributed by atoms with Crippen LogP contribution in [0.15, 0.2) is 125 Å². The van der Waals surface area contributed by atoms with Gasteiger partial charge in [-0.1, -0.05) is 78.9 Å². The van der Waals surface area contributed by atoms with Crippen molar-refractivity contribution < 1.29 is 4.74 Å². The molecule has 0 aliphatic heterocycles. The van der Waals surface area contributed by atoms with Gasteiger partial charge in [0.25, 0.3) is 0 Å². The van der Waals surface area contributed by atoms with Gasteiger partial charge in [0.1, 0.15) is 5.75 Å². The molecular formula is C32H26N6O2. The van der Waals surface area contributed by atoms with Crippen molar-refractivity contribution in [1.82, 2.24) is 19.1 Å². The van der Waals surface area contributed by atoms with Gasteiger partial charge in [0.15, 0.2) is 16.7 Å². The van der Waals surface area contributed by atoms with Crippen LogP contribution in [-0.4, -0.2) is 26.2 Å². The summed E-state index contributed by atoms with van der Waals surface area (Å²) >= 11 is 0. The second kappa shape index (κ2) is 10.7. The fourth-order valence-corrected chi connectivity index (χ4v) is 4.54. The van der Waals surface area contributed by atoms with Crippen LogP contribution in [0.3, 0.4) is 0 Å². The van der Waals surface area contributed by atoms with Crippen molar-refractivity contribution in [2.75, 3.05) is 12.5 Å². The van der Waals surface area contributed by atoms with Crippen LogP contribution in [0.1, 0.15) is 0 Å². The molecule has 0 spiro atoms. The standard InChI is InChI=1S/C32H26N6O2/c1-37-31(36-35-24-16-10-5-11-17-24)29-30(38(32(37)39)25-18-20-26(40-2)21-19-25)34-28(23-14-8-4-9-15-23)27(33-29)22-12-6-3-7-13-22/h3-21,35H,1-2H3. The molecule has 0 aliphatic rings. The average molecular weight is 527 g/mol. The van der Waals surface area contributed by atoms with Gasteiger partial charge in [-0.15, -0.1) is 0 Å². The van der Waals surface area contributed by atoms with Crippen LogP contribution in [0.4, 0.5) is 5.69 Å². The number of nitrogens with zero attached hydrogens (tertiary/aromatic N) is 5. The van der Waals surface area contributed by atoms with Crippen molar-refractivity contribution in [3.63, 3.8) is 0 Å². The summed E-state index contributed by atoms with van der Waals surface area (Å²) in [5.41, 5.74) is 8.55. The SMILES string of the molecule is COc1ccc(-n2c(=O)n(C)c(=NNc3ccccc3)c3nc(-c4ccccc4)c(-c4ccccc4)nc32)cc1. The maximum atomic E-state index is 13.9. The highest BCUT2D eigenvalue weighted by molar-refractivity contribution is 5.85. The van der Waals surface area contributed by atoms with Gasteiger partial charge >= 0.3 is 5.69 Å². The smallest absolute Gasteiger partial charge is 0.335 e. The molecule has 0 bridgehead atoms. The number of anilines is 1. The van der Waals surface area contributed by atoms with Gasteiger partial charge in [0.2, 0.25) is 0 Å². The monoisotopic (exact) mass is 526 g/mol. The molecule has 196 valence electrons. The van der Waals surface area contributed by atoms with E-state index in [1.165, 1.54) is 4.57 Å². The van der Waals surface area contributed by atoms with E-state index in [1.54, 1.807) is 18.7 Å². The molecule has 0 unspecified atom stereocenters. The maximum absolute atomic E-state index is 13.9. The molecule has 4 aromatic carbocycles. The highest BCUT2D eigenvalue weighted by Gasteiger charge is 2.20. The Balaban J connectivity index is 1.72. The first-order valence-electron chi connectivity index (χ1n) is 12.8. The quantitative estimate of drug-likeness (QED) is 0.294. The topological polar surface area (TPSA) is 86.3 Å². The summed E-state index contributed by atoms with van der Waals surface area (Å²) in [5, 5.41) is 4.64. The van der Waals surface area contributed by atoms with E-state index in [-0.39, 0.29) is 5.69 Å². The number of hydrogen-bond acceptors (Lipinski definition) is 6. The Hall–Kier alpha value is -5.50. The highest BCUT2D eigenvalue weighted by Crippen LogP contribution is 2.30. The minimum Gasteiger partial charge on any atom is -0.497 e. The highest BCUT2D eigenvalue weighted by atomic mass is 16.5. The zero-order valence-corrected chi connectivity index (χ0v) is 22.0. The Kier molecular flexibility index (Phi) is 6.64. The van der Waals surface area contributed by atoms with E-state index in [4.69, 9.17) is 14.7 Å². The predicted molar refractivity (Wildman–Crippen MR) is 157 cm³/mol. The predicted octanol–water partition coefficient (Wildman–Crippen LogP) is 5.39. The van der Waals surface area contributed by atoms with Crippen LogP contribution in [-0.2, 0) is 7.05 Å². The maximum Gasteiger partial charge on any atom is 0.335 e. The second-order valence-electron chi connectivity index (χ2n) is 9.11. The minimum absolute atomic E-state index is 0.313. The summed E-state index contributed by atoms with van der Waals surface area (Å²) in [4.78, 5) is 24.2. The van der Waals surface area contributed by atoms with E-state index in [9.17, 15) is 4.79 Å². The van der Waals surface area contributed by atoms with E-state index in [0.717, 1.165) is 16.8 Å². The Bertz CT molecular complexity index is 1920. The lowest BCUT2D eigenvalue weighted by Gasteiger charge is -2.16. The van der Waals surface area contributed by atoms with Crippen LogP contribution in [0, 0.1) is 0 Å². The van der Waals surface area contributed by atoms with Gasteiger partial charge in [-0.05, 0) is 36.4 Å². The number of rotatable bonds is 6. The molecule has 0 fully saturated rings. The lowest BCUT2D eigenvalue weighted by Crippen LogP contribution is -2.39. The first kappa shape index (κ1) is 24.8. The van der Waals surface area contributed by atoms with Crippen molar-refractivity contribution in [3.8, 4) is 34.0 Å². The van der Waals surface area contributed by atoms with E-state index in [0.29, 0.717) is 39.5 Å². The van der Waals surface area contributed by atoms with Crippen LogP contribution >= 0.6 is 0 Å². The lowest BCUT2D eigenvalue weighted by molar-refractivity contribution is 0.414. The summed E-state index contributed by atoms with van der Waals surface area (Å²) in [5.74, 6) is 0.687. The first-order valence-corrected chi connectivity index (χ1v) is 12.8. The van der Waals surface area contributed by atoms with Crippen molar-refractivity contribution in [3.05, 3.63) is 131 Å². The molecule has 2 heterocycles. The summed E-state index contributed by atoms with van der Waals surface area (Å²) in [6.45, 7) is 0. The molecule has 0 saturated carbocycles. The van der Waals surface area contributed by atoms with Crippen LogP contribution in [0.5, 0.6) is 5.75 Å². The molecule has 40 heavy (non-hydrogen) atoms. The summed E-state index contributed by atoms with van der Waals surface area (Å²) in [6.07, 6.45) is 0. The van der Waals surface area contributed by atoms with Crippen molar-refractivity contribution in [2.24, 2.45) is 12.1 Å². The summed E-state index contributed by atoms with van der Waals surface area (Å²) in [6, 6.07) is 36.6. The molecule has 8 heteroatoms. The third-order valence-electron chi connectivity index (χ3n) is 6.59. The van der Waals surface area contributed by atoms with Crippen molar-refractivity contribution in [2.45, 2.75) is 0 Å². The van der Waals surface area contributed by atoms with Gasteiger partial charge in [-0.3, -0.25) is 9.99 Å². The third kappa shape index (κ3) is 4.63. The van der Waals surface area contributed by atoms with Crippen molar-refractivity contribution >= 4 is 16.9 Å². The van der Waals surface area contributed by atoms with Gasteiger partial charge in [0.05, 0.1) is 29.9 Å². The van der Waals surface area contributed by atoms with Gasteiger partial charge < -0.3 is 4.74 Å². The molecule has 6 rings (SSSR count). The second-order valence-corrected chi connectivity index (χ2v) is 9.11. The number of nitrogens with one attached hydrogen (secondary N) is 1. The largest absolute Gasteiger partial charge is 0.497 e. The summed E-state index contributed by atoms with van der Waals surface area (Å²) < 4.78 is 8.38. The number of para-hydroxylation sites is 1. The lowest BCUT2D eigenvalue weighted by atomic mass is 10.0. The Morgan fingerprint density at radius 1 is 0.725 bits per heavy atom. The zero-order chi connectivity index (χ0) is 27.5. The van der Waals surface area contributed by atoms with E-state index < -0.39 is 0 Å². The normalized spacial score (nSPS) is 11.5. The molecule has 2 aromatic heterocycles. The summed E-state index contributed by atoms with van der Waals surface area (Å²) in [7, 11) is 3.29. The van der Waals surface area contributed by atoms with E-state index >= 15 is 0 Å². The first-order chi connectivity index (χ1) is 19.6. The number of fused-ring (bicyclic) bond motifs is 1. The molecular weight excluding hydrogens is 500 g/mol. The average Bonchev–Trinajstić information content (AvgIpc) is 3.02. The van der Waals surface area contributed by atoms with Gasteiger partial charge in [-0.25, -0.2) is 19.3 Å². The molecule has 0 radical (unpaired) electrons. The van der Waals surface area contributed by atoms with Crippen LogP contribution in [0.25, 0.3) is 39.4 Å². The molecule has 0 saturated heterocycles. The number of ether oxygens (including phenoxy) is 1. The van der Waals surface area contributed by atoms with Gasteiger partial charge in [-0.2, -0.15) is 5.10 Å². The molecule has 1 N–H and O–H groups in total. The fourth-order valence-electron chi connectivity index (χ4n) is 4.54. The number of aromatic nitrogens is 4. The number of methoxy groups -OCH3 is 1. The molecule has 6 aromatic rings. The molecule has 8 nitrogen and oxygen atoms in total. The Morgan fingerprint density at radius 3 is 1.85 bits per heavy atom. The van der Waals surface area contributed by atoms with E-state index in [2.05, 4.69) is 10.5 Å². The molecule has 0 amide bonds.